The number of aromatic hydroxyl groups is 1. The molecule has 0 spiro atoms. The molecule has 0 saturated heterocycles. The largest absolute Gasteiger partial charge is 0.508 e. The first-order valence-electron chi connectivity index (χ1n) is 9.06. The summed E-state index contributed by atoms with van der Waals surface area (Å²) >= 11 is 0. The van der Waals surface area contributed by atoms with Crippen LogP contribution in [0.5, 0.6) is 5.75 Å². The molecule has 0 bridgehead atoms. The van der Waals surface area contributed by atoms with Crippen molar-refractivity contribution >= 4 is 27.8 Å². The lowest BCUT2D eigenvalue weighted by atomic mass is 9.77. The second-order valence-corrected chi connectivity index (χ2v) is 7.05. The van der Waals surface area contributed by atoms with Crippen LogP contribution in [-0.4, -0.2) is 10.9 Å². The number of phenols is 1. The predicted octanol–water partition coefficient (Wildman–Crippen LogP) is 5.22. The molecule has 3 nitrogen and oxygen atoms in total. The number of anilines is 1. The number of allylic oxidation sites excluding steroid dienone is 1. The molecule has 26 heavy (non-hydrogen) atoms. The zero-order chi connectivity index (χ0) is 17.7. The summed E-state index contributed by atoms with van der Waals surface area (Å²) in [6, 6.07) is 19.6. The number of hydrogen-bond donors (Lipinski definition) is 2. The number of hydrogen-bond acceptors (Lipinski definition) is 3. The van der Waals surface area contributed by atoms with Gasteiger partial charge in [-0.3, -0.25) is 4.79 Å². The first-order valence-corrected chi connectivity index (χ1v) is 9.06. The summed E-state index contributed by atoms with van der Waals surface area (Å²) in [6.45, 7) is 0. The second-order valence-electron chi connectivity index (χ2n) is 7.05. The van der Waals surface area contributed by atoms with Gasteiger partial charge >= 0.3 is 0 Å². The summed E-state index contributed by atoms with van der Waals surface area (Å²) in [5, 5.41) is 15.6. The Hall–Kier alpha value is -3.07. The van der Waals surface area contributed by atoms with E-state index in [1.807, 2.05) is 18.2 Å². The average molecular weight is 341 g/mol. The molecule has 0 amide bonds. The molecule has 1 aliphatic carbocycles. The van der Waals surface area contributed by atoms with E-state index in [2.05, 4.69) is 35.6 Å². The third-order valence-electron chi connectivity index (χ3n) is 5.50. The molecule has 2 aliphatic rings. The third-order valence-corrected chi connectivity index (χ3v) is 5.50. The fourth-order valence-electron chi connectivity index (χ4n) is 4.32. The fraction of sp³-hybridized carbons (Fsp3) is 0.174. The summed E-state index contributed by atoms with van der Waals surface area (Å²) < 4.78 is 0. The molecule has 3 aromatic rings. The van der Waals surface area contributed by atoms with Crippen molar-refractivity contribution in [1.82, 2.24) is 0 Å². The molecular formula is C23H19NO2. The third kappa shape index (κ3) is 2.24. The molecule has 5 rings (SSSR count). The maximum atomic E-state index is 12.9. The van der Waals surface area contributed by atoms with Crippen LogP contribution in [0.15, 0.2) is 66.2 Å². The van der Waals surface area contributed by atoms with E-state index in [1.165, 1.54) is 21.9 Å². The van der Waals surface area contributed by atoms with E-state index < -0.39 is 0 Å². The molecule has 3 heteroatoms. The molecule has 1 aliphatic heterocycles. The molecule has 0 radical (unpaired) electrons. The number of fused-ring (bicyclic) bond motifs is 4. The smallest absolute Gasteiger partial charge is 0.161 e. The van der Waals surface area contributed by atoms with Crippen molar-refractivity contribution in [3.05, 3.63) is 77.4 Å². The van der Waals surface area contributed by atoms with E-state index in [0.717, 1.165) is 29.7 Å². The quantitative estimate of drug-likeness (QED) is 0.638. The van der Waals surface area contributed by atoms with Crippen LogP contribution in [-0.2, 0) is 4.79 Å². The highest BCUT2D eigenvalue weighted by atomic mass is 16.3. The highest BCUT2D eigenvalue weighted by Crippen LogP contribution is 2.47. The lowest BCUT2D eigenvalue weighted by Gasteiger charge is -2.35. The van der Waals surface area contributed by atoms with E-state index in [-0.39, 0.29) is 17.6 Å². The Morgan fingerprint density at radius 1 is 0.923 bits per heavy atom. The normalized spacial score (nSPS) is 19.1. The van der Waals surface area contributed by atoms with Crippen LogP contribution >= 0.6 is 0 Å². The summed E-state index contributed by atoms with van der Waals surface area (Å²) in [5.74, 6) is 0.468. The second kappa shape index (κ2) is 5.73. The van der Waals surface area contributed by atoms with Gasteiger partial charge in [-0.1, -0.05) is 42.5 Å². The maximum Gasteiger partial charge on any atom is 0.161 e. The molecule has 0 aromatic heterocycles. The van der Waals surface area contributed by atoms with Crippen molar-refractivity contribution < 1.29 is 9.90 Å². The van der Waals surface area contributed by atoms with Crippen LogP contribution in [0.4, 0.5) is 5.69 Å². The van der Waals surface area contributed by atoms with Gasteiger partial charge in [-0.15, -0.1) is 0 Å². The van der Waals surface area contributed by atoms with Crippen molar-refractivity contribution in [2.24, 2.45) is 0 Å². The van der Waals surface area contributed by atoms with Crippen molar-refractivity contribution in [3.8, 4) is 5.75 Å². The Labute approximate surface area is 152 Å². The molecule has 0 fully saturated rings. The molecular weight excluding hydrogens is 322 g/mol. The minimum absolute atomic E-state index is 0.160. The van der Waals surface area contributed by atoms with Crippen LogP contribution < -0.4 is 5.32 Å². The molecule has 1 heterocycles. The Bertz CT molecular complexity index is 1060. The van der Waals surface area contributed by atoms with Crippen LogP contribution in [0, 0.1) is 0 Å². The number of rotatable bonds is 1. The van der Waals surface area contributed by atoms with E-state index >= 15 is 0 Å². The van der Waals surface area contributed by atoms with Gasteiger partial charge in [-0.2, -0.15) is 0 Å². The van der Waals surface area contributed by atoms with Gasteiger partial charge in [0.25, 0.3) is 0 Å². The number of nitrogens with one attached hydrogen (secondary N) is 1. The molecule has 1 unspecified atom stereocenters. The lowest BCUT2D eigenvalue weighted by Crippen LogP contribution is -2.27. The van der Waals surface area contributed by atoms with Gasteiger partial charge in [-0.25, -0.2) is 0 Å². The SMILES string of the molecule is O=C1CCCC2=C1C(c1ccc(O)cc1)Nc1ccc3ccccc3c12. The monoisotopic (exact) mass is 341 g/mol. The molecule has 128 valence electrons. The van der Waals surface area contributed by atoms with E-state index in [1.54, 1.807) is 12.1 Å². The van der Waals surface area contributed by atoms with Gasteiger partial charge < -0.3 is 10.4 Å². The summed E-state index contributed by atoms with van der Waals surface area (Å²) in [6.07, 6.45) is 2.44. The molecule has 3 aromatic carbocycles. The van der Waals surface area contributed by atoms with Gasteiger partial charge in [0.1, 0.15) is 5.75 Å². The number of benzene rings is 3. The van der Waals surface area contributed by atoms with Crippen LogP contribution in [0.25, 0.3) is 16.3 Å². The summed E-state index contributed by atoms with van der Waals surface area (Å²) in [4.78, 5) is 12.9. The topological polar surface area (TPSA) is 49.3 Å². The van der Waals surface area contributed by atoms with Crippen LogP contribution in [0.1, 0.15) is 36.4 Å². The van der Waals surface area contributed by atoms with Crippen LogP contribution in [0.2, 0.25) is 0 Å². The molecule has 1 atom stereocenters. The number of phenolic OH excluding ortho intramolecular Hbond substituents is 1. The predicted molar refractivity (Wildman–Crippen MR) is 104 cm³/mol. The first-order chi connectivity index (χ1) is 12.7. The Morgan fingerprint density at radius 3 is 2.58 bits per heavy atom. The number of carbonyl (C=O) groups is 1. The van der Waals surface area contributed by atoms with Gasteiger partial charge in [0, 0.05) is 23.2 Å². The number of ketones is 1. The van der Waals surface area contributed by atoms with E-state index in [0.29, 0.717) is 6.42 Å². The number of Topliss-reactive ketones (excluding diaryl/α,β-unsaturated/α-hetero) is 1. The molecule has 2 N–H and O–H groups in total. The van der Waals surface area contributed by atoms with Gasteiger partial charge in [0.05, 0.1) is 6.04 Å². The van der Waals surface area contributed by atoms with Crippen molar-refractivity contribution in [2.75, 3.05) is 5.32 Å². The zero-order valence-corrected chi connectivity index (χ0v) is 14.3. The minimum atomic E-state index is -0.160. The Kier molecular flexibility index (Phi) is 3.35. The highest BCUT2D eigenvalue weighted by Gasteiger charge is 2.34. The van der Waals surface area contributed by atoms with E-state index in [9.17, 15) is 9.90 Å². The maximum absolute atomic E-state index is 12.9. The lowest BCUT2D eigenvalue weighted by molar-refractivity contribution is -0.116. The standard InChI is InChI=1S/C23H19NO2/c25-16-11-8-15(9-12-16)23-22-18(6-3-7-20(22)26)21-17-5-2-1-4-14(17)10-13-19(21)24-23/h1-2,4-5,8-13,23-25H,3,6-7H2. The average Bonchev–Trinajstić information content (AvgIpc) is 2.68. The zero-order valence-electron chi connectivity index (χ0n) is 14.3. The Balaban J connectivity index is 1.78. The van der Waals surface area contributed by atoms with Gasteiger partial charge in [-0.05, 0) is 52.9 Å². The van der Waals surface area contributed by atoms with Crippen LogP contribution in [0.3, 0.4) is 0 Å². The molecule has 0 saturated carbocycles. The number of carbonyl (C=O) groups excluding carboxylic acids is 1. The summed E-state index contributed by atoms with van der Waals surface area (Å²) in [7, 11) is 0. The van der Waals surface area contributed by atoms with Crippen molar-refractivity contribution in [1.29, 1.82) is 0 Å². The fourth-order valence-corrected chi connectivity index (χ4v) is 4.32. The summed E-state index contributed by atoms with van der Waals surface area (Å²) in [5.41, 5.74) is 5.34. The highest BCUT2D eigenvalue weighted by molar-refractivity contribution is 6.12. The van der Waals surface area contributed by atoms with Crippen molar-refractivity contribution in [2.45, 2.75) is 25.3 Å². The van der Waals surface area contributed by atoms with Gasteiger partial charge in [0.2, 0.25) is 0 Å². The van der Waals surface area contributed by atoms with Crippen molar-refractivity contribution in [3.63, 3.8) is 0 Å². The minimum Gasteiger partial charge on any atom is -0.508 e. The first kappa shape index (κ1) is 15.2. The van der Waals surface area contributed by atoms with Gasteiger partial charge in [0.15, 0.2) is 5.78 Å². The van der Waals surface area contributed by atoms with E-state index in [4.69, 9.17) is 0 Å². The Morgan fingerprint density at radius 2 is 1.73 bits per heavy atom.